The Balaban J connectivity index is 1.37. The van der Waals surface area contributed by atoms with E-state index in [4.69, 9.17) is 9.47 Å². The van der Waals surface area contributed by atoms with E-state index in [9.17, 15) is 13.2 Å². The van der Waals surface area contributed by atoms with Crippen LogP contribution in [0.4, 0.5) is 11.6 Å². The lowest BCUT2D eigenvalue weighted by molar-refractivity contribution is 0.102. The second kappa shape index (κ2) is 9.30. The van der Waals surface area contributed by atoms with Gasteiger partial charge in [-0.2, -0.15) is 0 Å². The van der Waals surface area contributed by atoms with E-state index in [1.54, 1.807) is 24.3 Å². The summed E-state index contributed by atoms with van der Waals surface area (Å²) in [6.07, 6.45) is 0.875. The van der Waals surface area contributed by atoms with Crippen LogP contribution in [0.15, 0.2) is 71.6 Å². The maximum atomic E-state index is 13.0. The molecule has 2 heterocycles. The van der Waals surface area contributed by atoms with Gasteiger partial charge in [0, 0.05) is 23.9 Å². The Labute approximate surface area is 202 Å². The zero-order valence-electron chi connectivity index (χ0n) is 19.0. The predicted molar refractivity (Wildman–Crippen MR) is 133 cm³/mol. The molecule has 180 valence electrons. The van der Waals surface area contributed by atoms with Gasteiger partial charge in [0.25, 0.3) is 15.9 Å². The Kier molecular flexibility index (Phi) is 6.04. The molecule has 2 N–H and O–H groups in total. The molecule has 3 aromatic carbocycles. The molecule has 0 unspecified atom stereocenters. The van der Waals surface area contributed by atoms with Crippen LogP contribution in [0.3, 0.4) is 0 Å². The molecule has 0 spiro atoms. The fraction of sp³-hybridized carbons (Fsp3) is 0.200. The van der Waals surface area contributed by atoms with Crippen LogP contribution in [-0.2, 0) is 16.6 Å². The highest BCUT2D eigenvalue weighted by atomic mass is 32.2. The van der Waals surface area contributed by atoms with Gasteiger partial charge in [-0.15, -0.1) is 0 Å². The number of aromatic nitrogens is 2. The van der Waals surface area contributed by atoms with E-state index in [1.165, 1.54) is 18.2 Å². The van der Waals surface area contributed by atoms with Crippen molar-refractivity contribution in [2.75, 3.05) is 23.3 Å². The van der Waals surface area contributed by atoms with Crippen molar-refractivity contribution in [2.24, 2.45) is 0 Å². The summed E-state index contributed by atoms with van der Waals surface area (Å²) in [5.74, 6) is 0.934. The summed E-state index contributed by atoms with van der Waals surface area (Å²) < 4.78 is 41.3. The van der Waals surface area contributed by atoms with E-state index in [2.05, 4.69) is 21.9 Å². The van der Waals surface area contributed by atoms with Crippen molar-refractivity contribution in [3.8, 4) is 11.5 Å². The van der Waals surface area contributed by atoms with Gasteiger partial charge < -0.3 is 14.0 Å². The minimum absolute atomic E-state index is 0.0323. The lowest BCUT2D eigenvalue weighted by Gasteiger charge is -2.19. The molecule has 0 aliphatic carbocycles. The number of imidazole rings is 1. The number of aryl methyl sites for hydroxylation is 1. The number of hydrogen-bond donors (Lipinski definition) is 2. The van der Waals surface area contributed by atoms with Crippen molar-refractivity contribution < 1.29 is 22.7 Å². The van der Waals surface area contributed by atoms with Gasteiger partial charge in [-0.05, 0) is 48.9 Å². The SMILES string of the molecule is CCCn1c(NC(=O)c2cccc(NS(=O)(=O)c3ccc4c(c3)OCCO4)c2)nc2ccccc21. The second-order valence-electron chi connectivity index (χ2n) is 8.02. The monoisotopic (exact) mass is 492 g/mol. The number of fused-ring (bicyclic) bond motifs is 2. The molecule has 1 aromatic heterocycles. The van der Waals surface area contributed by atoms with Crippen molar-refractivity contribution in [1.29, 1.82) is 0 Å². The fourth-order valence-electron chi connectivity index (χ4n) is 3.92. The topological polar surface area (TPSA) is 112 Å². The summed E-state index contributed by atoms with van der Waals surface area (Å²) in [4.78, 5) is 17.6. The Hall–Kier alpha value is -4.05. The zero-order valence-corrected chi connectivity index (χ0v) is 19.8. The first-order valence-corrected chi connectivity index (χ1v) is 12.7. The first-order chi connectivity index (χ1) is 16.9. The summed E-state index contributed by atoms with van der Waals surface area (Å²) in [6, 6.07) is 18.4. The maximum absolute atomic E-state index is 13.0. The Bertz CT molecular complexity index is 1510. The molecule has 0 saturated heterocycles. The molecular formula is C25H24N4O5S. The third kappa shape index (κ3) is 4.65. The van der Waals surface area contributed by atoms with E-state index >= 15 is 0 Å². The van der Waals surface area contributed by atoms with Crippen LogP contribution in [0.1, 0.15) is 23.7 Å². The van der Waals surface area contributed by atoms with Crippen LogP contribution in [-0.4, -0.2) is 37.1 Å². The Morgan fingerprint density at radius 2 is 1.80 bits per heavy atom. The number of sulfonamides is 1. The van der Waals surface area contributed by atoms with Crippen molar-refractivity contribution in [1.82, 2.24) is 9.55 Å². The third-order valence-electron chi connectivity index (χ3n) is 5.53. The fourth-order valence-corrected chi connectivity index (χ4v) is 4.99. The van der Waals surface area contributed by atoms with Gasteiger partial charge in [0.05, 0.1) is 15.9 Å². The van der Waals surface area contributed by atoms with Crippen LogP contribution in [0, 0.1) is 0 Å². The minimum Gasteiger partial charge on any atom is -0.486 e. The van der Waals surface area contributed by atoms with Crippen molar-refractivity contribution in [3.63, 3.8) is 0 Å². The van der Waals surface area contributed by atoms with Crippen LogP contribution >= 0.6 is 0 Å². The highest BCUT2D eigenvalue weighted by molar-refractivity contribution is 7.92. The van der Waals surface area contributed by atoms with Crippen molar-refractivity contribution >= 4 is 38.6 Å². The molecule has 0 saturated carbocycles. The molecule has 10 heteroatoms. The third-order valence-corrected chi connectivity index (χ3v) is 6.91. The lowest BCUT2D eigenvalue weighted by Crippen LogP contribution is -2.18. The maximum Gasteiger partial charge on any atom is 0.262 e. The van der Waals surface area contributed by atoms with Gasteiger partial charge in [-0.1, -0.05) is 25.1 Å². The molecule has 0 atom stereocenters. The van der Waals surface area contributed by atoms with E-state index < -0.39 is 15.9 Å². The molecule has 4 aromatic rings. The van der Waals surface area contributed by atoms with Crippen LogP contribution in [0.2, 0.25) is 0 Å². The summed E-state index contributed by atoms with van der Waals surface area (Å²) in [5.41, 5.74) is 2.28. The number of hydrogen-bond acceptors (Lipinski definition) is 6. The van der Waals surface area contributed by atoms with E-state index in [-0.39, 0.29) is 10.6 Å². The number of ether oxygens (including phenoxy) is 2. The Morgan fingerprint density at radius 3 is 2.63 bits per heavy atom. The molecule has 5 rings (SSSR count). The molecule has 0 bridgehead atoms. The molecule has 9 nitrogen and oxygen atoms in total. The standard InChI is InChI=1S/C25H24N4O5S/c1-2-12-29-21-9-4-3-8-20(21)26-25(29)27-24(30)17-6-5-7-18(15-17)28-35(31,32)19-10-11-22-23(16-19)34-14-13-33-22/h3-11,15-16,28H,2,12-14H2,1H3,(H,26,27,30). The van der Waals surface area contributed by atoms with Gasteiger partial charge in [0.2, 0.25) is 5.95 Å². The summed E-state index contributed by atoms with van der Waals surface area (Å²) >= 11 is 0. The number of nitrogens with zero attached hydrogens (tertiary/aromatic N) is 2. The number of carbonyl (C=O) groups excluding carboxylic acids is 1. The van der Waals surface area contributed by atoms with Gasteiger partial charge >= 0.3 is 0 Å². The average Bonchev–Trinajstić information content (AvgIpc) is 3.20. The second-order valence-corrected chi connectivity index (χ2v) is 9.70. The average molecular weight is 493 g/mol. The number of carbonyl (C=O) groups is 1. The van der Waals surface area contributed by atoms with Gasteiger partial charge in [-0.3, -0.25) is 14.8 Å². The first-order valence-electron chi connectivity index (χ1n) is 11.2. The number of benzene rings is 3. The lowest BCUT2D eigenvalue weighted by atomic mass is 10.2. The zero-order chi connectivity index (χ0) is 24.4. The van der Waals surface area contributed by atoms with E-state index in [1.807, 2.05) is 28.8 Å². The molecule has 1 aliphatic rings. The number of nitrogens with one attached hydrogen (secondary N) is 2. The normalized spacial score (nSPS) is 12.9. The van der Waals surface area contributed by atoms with Crippen LogP contribution in [0.25, 0.3) is 11.0 Å². The molecule has 35 heavy (non-hydrogen) atoms. The van der Waals surface area contributed by atoms with Gasteiger partial charge in [0.15, 0.2) is 11.5 Å². The van der Waals surface area contributed by atoms with Gasteiger partial charge in [0.1, 0.15) is 13.2 Å². The van der Waals surface area contributed by atoms with Crippen LogP contribution in [0.5, 0.6) is 11.5 Å². The molecule has 0 radical (unpaired) electrons. The molecule has 1 amide bonds. The number of anilines is 2. The van der Waals surface area contributed by atoms with Crippen molar-refractivity contribution in [3.05, 3.63) is 72.3 Å². The molecular weight excluding hydrogens is 468 g/mol. The number of rotatable bonds is 7. The van der Waals surface area contributed by atoms with Crippen molar-refractivity contribution in [2.45, 2.75) is 24.8 Å². The summed E-state index contributed by atoms with van der Waals surface area (Å²) in [7, 11) is -3.91. The van der Waals surface area contributed by atoms with Crippen LogP contribution < -0.4 is 19.5 Å². The molecule has 1 aliphatic heterocycles. The predicted octanol–water partition coefficient (Wildman–Crippen LogP) is 4.27. The first kappa shape index (κ1) is 22.7. The summed E-state index contributed by atoms with van der Waals surface area (Å²) in [5, 5.41) is 2.86. The Morgan fingerprint density at radius 1 is 1.00 bits per heavy atom. The van der Waals surface area contributed by atoms with E-state index in [0.29, 0.717) is 42.8 Å². The summed E-state index contributed by atoms with van der Waals surface area (Å²) in [6.45, 7) is 3.53. The highest BCUT2D eigenvalue weighted by Crippen LogP contribution is 2.33. The number of amides is 1. The largest absolute Gasteiger partial charge is 0.486 e. The van der Waals surface area contributed by atoms with E-state index in [0.717, 1.165) is 17.5 Å². The quantitative estimate of drug-likeness (QED) is 0.399. The smallest absolute Gasteiger partial charge is 0.262 e. The highest BCUT2D eigenvalue weighted by Gasteiger charge is 2.20. The minimum atomic E-state index is -3.91. The van der Waals surface area contributed by atoms with Gasteiger partial charge in [-0.25, -0.2) is 13.4 Å². The number of para-hydroxylation sites is 2. The molecule has 0 fully saturated rings.